The van der Waals surface area contributed by atoms with E-state index in [1.165, 1.54) is 29.2 Å². The number of carbonyl (C=O) groups excluding carboxylic acids is 3. The Labute approximate surface area is 224 Å². The summed E-state index contributed by atoms with van der Waals surface area (Å²) >= 11 is 0. The molecule has 39 heavy (non-hydrogen) atoms. The molecule has 0 bridgehead atoms. The van der Waals surface area contributed by atoms with E-state index < -0.39 is 60.2 Å². The Balaban J connectivity index is 2.27. The van der Waals surface area contributed by atoms with Gasteiger partial charge in [0.25, 0.3) is 0 Å². The Hall–Kier alpha value is -4.40. The molecule has 1 saturated heterocycles. The minimum Gasteiger partial charge on any atom is -0.508 e. The van der Waals surface area contributed by atoms with Gasteiger partial charge in [-0.1, -0.05) is 12.1 Å². The molecule has 1 aromatic rings. The summed E-state index contributed by atoms with van der Waals surface area (Å²) in [5.74, 6) is -4.89. The van der Waals surface area contributed by atoms with Crippen molar-refractivity contribution in [3.05, 3.63) is 29.8 Å². The molecule has 4 atom stereocenters. The number of amides is 3. The van der Waals surface area contributed by atoms with Gasteiger partial charge in [-0.05, 0) is 43.4 Å². The predicted octanol–water partition coefficient (Wildman–Crippen LogP) is -2.16. The Morgan fingerprint density at radius 2 is 1.67 bits per heavy atom. The van der Waals surface area contributed by atoms with Crippen LogP contribution in [0.3, 0.4) is 0 Å². The van der Waals surface area contributed by atoms with Crippen LogP contribution in [0.1, 0.15) is 37.7 Å². The van der Waals surface area contributed by atoms with E-state index in [1.54, 1.807) is 0 Å². The number of nitrogens with one attached hydrogen (secondary N) is 2. The molecule has 4 unspecified atom stereocenters. The minimum atomic E-state index is -1.43. The lowest BCUT2D eigenvalue weighted by atomic mass is 10.0. The molecule has 11 N–H and O–H groups in total. The van der Waals surface area contributed by atoms with Crippen LogP contribution in [0, 0.1) is 0 Å². The third-order valence-corrected chi connectivity index (χ3v) is 6.12. The van der Waals surface area contributed by atoms with Crippen LogP contribution in [0.5, 0.6) is 5.75 Å². The van der Waals surface area contributed by atoms with E-state index in [4.69, 9.17) is 22.3 Å². The van der Waals surface area contributed by atoms with Gasteiger partial charge in [-0.2, -0.15) is 0 Å². The third-order valence-electron chi connectivity index (χ3n) is 6.12. The van der Waals surface area contributed by atoms with Gasteiger partial charge in [0, 0.05) is 19.5 Å². The van der Waals surface area contributed by atoms with Crippen molar-refractivity contribution < 1.29 is 39.3 Å². The molecule has 0 spiro atoms. The average molecular weight is 550 g/mol. The molecule has 3 amide bonds. The first-order valence-electron chi connectivity index (χ1n) is 12.3. The van der Waals surface area contributed by atoms with E-state index >= 15 is 0 Å². The predicted molar refractivity (Wildman–Crippen MR) is 138 cm³/mol. The molecular formula is C24H35N7O8. The SMILES string of the molecule is NC(N)=NCCCC(NC(=O)C(Cc1ccc(O)cc1)NC(=O)C(N)CC(=O)O)C(=O)N1CCCC1C(=O)O. The zero-order chi connectivity index (χ0) is 29.1. The number of carbonyl (C=O) groups is 5. The molecule has 1 aromatic carbocycles. The number of hydrogen-bond donors (Lipinski definition) is 8. The highest BCUT2D eigenvalue weighted by molar-refractivity contribution is 5.95. The third kappa shape index (κ3) is 9.77. The number of aliphatic carboxylic acids is 2. The molecule has 1 heterocycles. The van der Waals surface area contributed by atoms with Crippen LogP contribution in [0.25, 0.3) is 0 Å². The van der Waals surface area contributed by atoms with E-state index in [2.05, 4.69) is 15.6 Å². The summed E-state index contributed by atoms with van der Waals surface area (Å²) in [5.41, 5.74) is 16.9. The van der Waals surface area contributed by atoms with Crippen molar-refractivity contribution in [1.29, 1.82) is 0 Å². The molecule has 0 aliphatic carbocycles. The number of benzene rings is 1. The zero-order valence-corrected chi connectivity index (χ0v) is 21.3. The van der Waals surface area contributed by atoms with E-state index in [9.17, 15) is 34.2 Å². The van der Waals surface area contributed by atoms with Gasteiger partial charge in [0.1, 0.15) is 23.9 Å². The quantitative estimate of drug-likeness (QED) is 0.0703. The van der Waals surface area contributed by atoms with E-state index in [1.807, 2.05) is 0 Å². The second kappa shape index (κ2) is 14.5. The summed E-state index contributed by atoms with van der Waals surface area (Å²) < 4.78 is 0. The van der Waals surface area contributed by atoms with Gasteiger partial charge in [-0.25, -0.2) is 4.79 Å². The lowest BCUT2D eigenvalue weighted by molar-refractivity contribution is -0.149. The van der Waals surface area contributed by atoms with Crippen LogP contribution in [0.4, 0.5) is 0 Å². The van der Waals surface area contributed by atoms with Gasteiger partial charge < -0.3 is 48.1 Å². The maximum Gasteiger partial charge on any atom is 0.326 e. The fraction of sp³-hybridized carbons (Fsp3) is 0.500. The lowest BCUT2D eigenvalue weighted by Gasteiger charge is -2.29. The van der Waals surface area contributed by atoms with Gasteiger partial charge >= 0.3 is 11.9 Å². The Kier molecular flexibility index (Phi) is 11.5. The molecular weight excluding hydrogens is 514 g/mol. The van der Waals surface area contributed by atoms with E-state index in [-0.39, 0.29) is 50.5 Å². The summed E-state index contributed by atoms with van der Waals surface area (Å²) in [6.45, 7) is 0.357. The topological polar surface area (TPSA) is 264 Å². The minimum absolute atomic E-state index is 0.0164. The summed E-state index contributed by atoms with van der Waals surface area (Å²) in [7, 11) is 0. The monoisotopic (exact) mass is 549 g/mol. The summed E-state index contributed by atoms with van der Waals surface area (Å²) in [6, 6.07) is 0.931. The van der Waals surface area contributed by atoms with Crippen molar-refractivity contribution in [3.8, 4) is 5.75 Å². The molecule has 15 nitrogen and oxygen atoms in total. The Morgan fingerprint density at radius 3 is 2.26 bits per heavy atom. The molecule has 0 saturated carbocycles. The fourth-order valence-electron chi connectivity index (χ4n) is 4.16. The van der Waals surface area contributed by atoms with Crippen LogP contribution in [-0.2, 0) is 30.4 Å². The molecule has 1 aliphatic rings. The number of carboxylic acid groups (broad SMARTS) is 2. The molecule has 1 fully saturated rings. The van der Waals surface area contributed by atoms with Crippen molar-refractivity contribution in [3.63, 3.8) is 0 Å². The number of likely N-dealkylation sites (tertiary alicyclic amines) is 1. The zero-order valence-electron chi connectivity index (χ0n) is 21.3. The molecule has 0 radical (unpaired) electrons. The highest BCUT2D eigenvalue weighted by Crippen LogP contribution is 2.20. The average Bonchev–Trinajstić information content (AvgIpc) is 3.36. The number of phenols is 1. The van der Waals surface area contributed by atoms with Crippen molar-refractivity contribution >= 4 is 35.6 Å². The second-order valence-corrected chi connectivity index (χ2v) is 9.17. The van der Waals surface area contributed by atoms with Crippen LogP contribution < -0.4 is 27.8 Å². The smallest absolute Gasteiger partial charge is 0.326 e. The fourth-order valence-corrected chi connectivity index (χ4v) is 4.16. The number of carboxylic acids is 2. The largest absolute Gasteiger partial charge is 0.508 e. The summed E-state index contributed by atoms with van der Waals surface area (Å²) in [5, 5.41) is 33.0. The number of hydrogen-bond acceptors (Lipinski definition) is 8. The molecule has 0 aromatic heterocycles. The van der Waals surface area contributed by atoms with Crippen LogP contribution >= 0.6 is 0 Å². The highest BCUT2D eigenvalue weighted by Gasteiger charge is 2.38. The van der Waals surface area contributed by atoms with Gasteiger partial charge in [0.2, 0.25) is 17.7 Å². The normalized spacial score (nSPS) is 16.9. The first-order chi connectivity index (χ1) is 18.4. The summed E-state index contributed by atoms with van der Waals surface area (Å²) in [6.07, 6.45) is 0.362. The maximum absolute atomic E-state index is 13.4. The first-order valence-corrected chi connectivity index (χ1v) is 12.3. The van der Waals surface area contributed by atoms with E-state index in [0.29, 0.717) is 12.0 Å². The number of guanidine groups is 1. The van der Waals surface area contributed by atoms with Gasteiger partial charge in [-0.15, -0.1) is 0 Å². The number of phenolic OH excluding ortho intramolecular Hbond substituents is 1. The second-order valence-electron chi connectivity index (χ2n) is 9.17. The van der Waals surface area contributed by atoms with Crippen LogP contribution in [0.15, 0.2) is 29.3 Å². The highest BCUT2D eigenvalue weighted by atomic mass is 16.4. The first kappa shape index (κ1) is 30.8. The van der Waals surface area contributed by atoms with Gasteiger partial charge in [0.15, 0.2) is 5.96 Å². The van der Waals surface area contributed by atoms with Crippen LogP contribution in [-0.4, -0.2) is 93.1 Å². The van der Waals surface area contributed by atoms with Gasteiger partial charge in [0.05, 0.1) is 12.5 Å². The lowest BCUT2D eigenvalue weighted by Crippen LogP contribution is -2.57. The molecule has 15 heteroatoms. The number of nitrogens with two attached hydrogens (primary N) is 3. The van der Waals surface area contributed by atoms with Crippen molar-refractivity contribution in [2.24, 2.45) is 22.2 Å². The molecule has 1 aliphatic heterocycles. The van der Waals surface area contributed by atoms with Gasteiger partial charge in [-0.3, -0.25) is 24.2 Å². The van der Waals surface area contributed by atoms with Crippen molar-refractivity contribution in [2.45, 2.75) is 62.7 Å². The summed E-state index contributed by atoms with van der Waals surface area (Å²) in [4.78, 5) is 67.0. The number of rotatable bonds is 14. The molecule has 2 rings (SSSR count). The number of nitrogens with zero attached hydrogens (tertiary/aromatic N) is 2. The Morgan fingerprint density at radius 1 is 1.03 bits per heavy atom. The van der Waals surface area contributed by atoms with Crippen molar-refractivity contribution in [2.75, 3.05) is 13.1 Å². The standard InChI is InChI=1S/C24H35N7O8/c25-15(12-19(33)34)20(35)30-17(11-13-5-7-14(32)8-6-13)21(36)29-16(3-1-9-28-24(26)27)22(37)31-10-2-4-18(31)23(38)39/h5-8,15-18,32H,1-4,9-12,25H2,(H,29,36)(H,30,35)(H,33,34)(H,38,39)(H4,26,27,28). The number of aromatic hydroxyl groups is 1. The maximum atomic E-state index is 13.4. The number of aliphatic imine (C=N–C) groups is 1. The molecule has 214 valence electrons. The van der Waals surface area contributed by atoms with E-state index in [0.717, 1.165) is 0 Å². The van der Waals surface area contributed by atoms with Crippen molar-refractivity contribution in [1.82, 2.24) is 15.5 Å². The Bertz CT molecular complexity index is 1070. The van der Waals surface area contributed by atoms with Crippen LogP contribution in [0.2, 0.25) is 0 Å².